The van der Waals surface area contributed by atoms with E-state index in [1.54, 1.807) is 0 Å². The third-order valence-corrected chi connectivity index (χ3v) is 6.81. The molecule has 0 spiro atoms. The van der Waals surface area contributed by atoms with Gasteiger partial charge in [-0.25, -0.2) is 9.67 Å². The standard InChI is InChI=1S/C26H23ClN4O/c1-15-21-22(16-11-13-17(27)14-12-16)23-24(28)19-9-5-6-10-20(19)29-25(23)32-26(21)31(30-15)18-7-3-2-4-8-18/h2-4,7-8,11-14,22H,5-6,9-10H2,1H3,(H2,28,29)/t22-/m0/s1. The van der Waals surface area contributed by atoms with E-state index in [-0.39, 0.29) is 5.92 Å². The first-order valence-electron chi connectivity index (χ1n) is 11.0. The van der Waals surface area contributed by atoms with E-state index in [9.17, 15) is 0 Å². The number of anilines is 1. The predicted octanol–water partition coefficient (Wildman–Crippen LogP) is 5.98. The number of para-hydroxylation sites is 1. The number of hydrogen-bond donors (Lipinski definition) is 1. The van der Waals surface area contributed by atoms with E-state index in [4.69, 9.17) is 32.2 Å². The molecule has 4 aromatic rings. The zero-order valence-corrected chi connectivity index (χ0v) is 18.6. The van der Waals surface area contributed by atoms with Gasteiger partial charge < -0.3 is 10.5 Å². The van der Waals surface area contributed by atoms with Crippen LogP contribution in [0.3, 0.4) is 0 Å². The molecular weight excluding hydrogens is 420 g/mol. The molecule has 0 fully saturated rings. The molecule has 0 bridgehead atoms. The molecule has 2 aromatic carbocycles. The number of rotatable bonds is 2. The van der Waals surface area contributed by atoms with Gasteiger partial charge in [-0.1, -0.05) is 41.9 Å². The van der Waals surface area contributed by atoms with Crippen LogP contribution >= 0.6 is 11.6 Å². The first-order valence-corrected chi connectivity index (χ1v) is 11.4. The molecule has 0 saturated heterocycles. The van der Waals surface area contributed by atoms with Gasteiger partial charge in [0.1, 0.15) is 0 Å². The summed E-state index contributed by atoms with van der Waals surface area (Å²) in [6.07, 6.45) is 4.17. The van der Waals surface area contributed by atoms with Crippen LogP contribution in [0.25, 0.3) is 5.69 Å². The summed E-state index contributed by atoms with van der Waals surface area (Å²) in [5.41, 5.74) is 14.8. The molecule has 2 aliphatic rings. The van der Waals surface area contributed by atoms with E-state index >= 15 is 0 Å². The number of ether oxygens (including phenoxy) is 1. The molecule has 6 rings (SSSR count). The molecule has 0 saturated carbocycles. The predicted molar refractivity (Wildman–Crippen MR) is 126 cm³/mol. The lowest BCUT2D eigenvalue weighted by atomic mass is 9.81. The average Bonchev–Trinajstić information content (AvgIpc) is 3.15. The third kappa shape index (κ3) is 2.92. The van der Waals surface area contributed by atoms with Gasteiger partial charge in [0.25, 0.3) is 0 Å². The van der Waals surface area contributed by atoms with Gasteiger partial charge in [0.15, 0.2) is 0 Å². The fraction of sp³-hybridized carbons (Fsp3) is 0.231. The SMILES string of the molecule is Cc1nn(-c2ccccc2)c2c1[C@H](c1ccc(Cl)cc1)c1c(nc3c(c1N)CCCC3)O2. The molecular formula is C26H23ClN4O. The molecule has 3 heterocycles. The summed E-state index contributed by atoms with van der Waals surface area (Å²) in [7, 11) is 0. The van der Waals surface area contributed by atoms with E-state index < -0.39 is 0 Å². The lowest BCUT2D eigenvalue weighted by Gasteiger charge is -2.30. The Bertz CT molecular complexity index is 1330. The summed E-state index contributed by atoms with van der Waals surface area (Å²) < 4.78 is 8.36. The molecule has 160 valence electrons. The van der Waals surface area contributed by atoms with Crippen LogP contribution in [0.5, 0.6) is 11.8 Å². The number of nitrogens with two attached hydrogens (primary N) is 1. The minimum Gasteiger partial charge on any atom is -0.420 e. The Morgan fingerprint density at radius 3 is 2.53 bits per heavy atom. The Morgan fingerprint density at radius 2 is 1.75 bits per heavy atom. The van der Waals surface area contributed by atoms with Crippen molar-refractivity contribution >= 4 is 17.3 Å². The lowest BCUT2D eigenvalue weighted by molar-refractivity contribution is 0.401. The van der Waals surface area contributed by atoms with Crippen molar-refractivity contribution in [2.45, 2.75) is 38.5 Å². The highest BCUT2D eigenvalue weighted by atomic mass is 35.5. The molecule has 2 N–H and O–H groups in total. The minimum absolute atomic E-state index is 0.122. The fourth-order valence-electron chi connectivity index (χ4n) is 5.04. The van der Waals surface area contributed by atoms with Crippen LogP contribution < -0.4 is 10.5 Å². The second kappa shape index (κ2) is 7.38. The van der Waals surface area contributed by atoms with Gasteiger partial charge in [-0.3, -0.25) is 0 Å². The van der Waals surface area contributed by atoms with Gasteiger partial charge in [-0.2, -0.15) is 5.10 Å². The molecule has 0 unspecified atom stereocenters. The normalized spacial score (nSPS) is 16.6. The molecule has 32 heavy (non-hydrogen) atoms. The Labute approximate surface area is 191 Å². The lowest BCUT2D eigenvalue weighted by Crippen LogP contribution is -2.20. The zero-order valence-electron chi connectivity index (χ0n) is 17.8. The number of nitrogens with zero attached hydrogens (tertiary/aromatic N) is 3. The minimum atomic E-state index is -0.122. The van der Waals surface area contributed by atoms with Crippen molar-refractivity contribution in [2.24, 2.45) is 0 Å². The Hall–Kier alpha value is -3.31. The molecule has 0 radical (unpaired) electrons. The van der Waals surface area contributed by atoms with Crippen molar-refractivity contribution in [1.29, 1.82) is 0 Å². The number of fused-ring (bicyclic) bond motifs is 3. The summed E-state index contributed by atoms with van der Waals surface area (Å²) in [4.78, 5) is 4.98. The van der Waals surface area contributed by atoms with Gasteiger partial charge in [-0.05, 0) is 68.0 Å². The molecule has 5 nitrogen and oxygen atoms in total. The molecule has 1 atom stereocenters. The molecule has 6 heteroatoms. The Balaban J connectivity index is 1.63. The highest BCUT2D eigenvalue weighted by Gasteiger charge is 2.38. The van der Waals surface area contributed by atoms with Crippen LogP contribution in [0, 0.1) is 6.92 Å². The smallest absolute Gasteiger partial charge is 0.229 e. The number of benzene rings is 2. The zero-order chi connectivity index (χ0) is 21.8. The van der Waals surface area contributed by atoms with Crippen molar-refractivity contribution in [3.8, 4) is 17.4 Å². The van der Waals surface area contributed by atoms with Crippen molar-refractivity contribution in [3.05, 3.63) is 93.3 Å². The summed E-state index contributed by atoms with van der Waals surface area (Å²) in [5, 5.41) is 5.57. The van der Waals surface area contributed by atoms with Crippen molar-refractivity contribution in [3.63, 3.8) is 0 Å². The topological polar surface area (TPSA) is 66.0 Å². The first-order chi connectivity index (χ1) is 15.6. The van der Waals surface area contributed by atoms with Crippen LogP contribution in [0.15, 0.2) is 54.6 Å². The number of aryl methyl sites for hydroxylation is 2. The highest BCUT2D eigenvalue weighted by Crippen LogP contribution is 2.52. The molecule has 0 amide bonds. The second-order valence-electron chi connectivity index (χ2n) is 8.51. The highest BCUT2D eigenvalue weighted by molar-refractivity contribution is 6.30. The van der Waals surface area contributed by atoms with E-state index in [1.807, 2.05) is 54.1 Å². The average molecular weight is 443 g/mol. The second-order valence-corrected chi connectivity index (χ2v) is 8.95. The maximum absolute atomic E-state index is 6.83. The van der Waals surface area contributed by atoms with Gasteiger partial charge in [0.05, 0.1) is 16.9 Å². The monoisotopic (exact) mass is 442 g/mol. The number of aromatic nitrogens is 3. The number of halogens is 1. The number of hydrogen-bond acceptors (Lipinski definition) is 4. The summed E-state index contributed by atoms with van der Waals surface area (Å²) >= 11 is 6.21. The maximum Gasteiger partial charge on any atom is 0.229 e. The Morgan fingerprint density at radius 1 is 1.00 bits per heavy atom. The van der Waals surface area contributed by atoms with Crippen LogP contribution in [0.4, 0.5) is 5.69 Å². The van der Waals surface area contributed by atoms with Crippen LogP contribution in [-0.2, 0) is 12.8 Å². The van der Waals surface area contributed by atoms with Crippen LogP contribution in [0.1, 0.15) is 52.4 Å². The quantitative estimate of drug-likeness (QED) is 0.365. The number of pyridine rings is 1. The molecule has 1 aliphatic heterocycles. The van der Waals surface area contributed by atoms with E-state index in [0.29, 0.717) is 16.8 Å². The summed E-state index contributed by atoms with van der Waals surface area (Å²) in [5.74, 6) is 1.17. The molecule has 1 aliphatic carbocycles. The summed E-state index contributed by atoms with van der Waals surface area (Å²) in [6.45, 7) is 2.03. The van der Waals surface area contributed by atoms with Crippen molar-refractivity contribution < 1.29 is 4.74 Å². The Kier molecular flexibility index (Phi) is 4.47. The van der Waals surface area contributed by atoms with Gasteiger partial charge >= 0.3 is 0 Å². The van der Waals surface area contributed by atoms with E-state index in [1.165, 1.54) is 5.56 Å². The maximum atomic E-state index is 6.83. The van der Waals surface area contributed by atoms with Gasteiger partial charge in [-0.15, -0.1) is 0 Å². The largest absolute Gasteiger partial charge is 0.420 e. The molecule has 2 aromatic heterocycles. The number of nitrogen functional groups attached to an aromatic ring is 1. The summed E-state index contributed by atoms with van der Waals surface area (Å²) in [6, 6.07) is 18.0. The van der Waals surface area contributed by atoms with E-state index in [2.05, 4.69) is 12.1 Å². The van der Waals surface area contributed by atoms with Crippen molar-refractivity contribution in [2.75, 3.05) is 5.73 Å². The third-order valence-electron chi connectivity index (χ3n) is 6.56. The van der Waals surface area contributed by atoms with Gasteiger partial charge in [0.2, 0.25) is 11.8 Å². The first kappa shape index (κ1) is 19.4. The fourth-order valence-corrected chi connectivity index (χ4v) is 5.16. The van der Waals surface area contributed by atoms with Gasteiger partial charge in [0, 0.05) is 27.9 Å². The van der Waals surface area contributed by atoms with Crippen molar-refractivity contribution in [1.82, 2.24) is 14.8 Å². The van der Waals surface area contributed by atoms with Crippen LogP contribution in [0.2, 0.25) is 5.02 Å². The van der Waals surface area contributed by atoms with E-state index in [0.717, 1.165) is 65.1 Å². The van der Waals surface area contributed by atoms with Crippen LogP contribution in [-0.4, -0.2) is 14.8 Å².